The molecule has 1 amide bonds. The highest BCUT2D eigenvalue weighted by atomic mass is 35.5. The van der Waals surface area contributed by atoms with Crippen LogP contribution in [-0.4, -0.2) is 52.6 Å². The van der Waals surface area contributed by atoms with Crippen molar-refractivity contribution in [3.8, 4) is 5.75 Å². The zero-order valence-corrected chi connectivity index (χ0v) is 22.3. The monoisotopic (exact) mass is 538 g/mol. The number of aromatic nitrogens is 1. The number of carbonyl (C=O) groups is 1. The second-order valence-corrected chi connectivity index (χ2v) is 10.7. The molecule has 0 bridgehead atoms. The van der Waals surface area contributed by atoms with Crippen LogP contribution >= 0.6 is 34.5 Å². The number of aryl methyl sites for hydroxylation is 1. The molecule has 0 radical (unpaired) electrons. The number of nitrogens with two attached hydrogens (primary N) is 1. The molecule has 0 saturated heterocycles. The first kappa shape index (κ1) is 27.5. The molecule has 1 unspecified atom stereocenters. The Morgan fingerprint density at radius 2 is 1.94 bits per heavy atom. The number of benzene rings is 2. The average Bonchev–Trinajstić information content (AvgIpc) is 3.20. The molecule has 1 heterocycles. The normalized spacial score (nSPS) is 12.4. The van der Waals surface area contributed by atoms with Gasteiger partial charge in [0.25, 0.3) is 0 Å². The number of amides is 1. The molecule has 7 nitrogen and oxygen atoms in total. The SMILES string of the molecule is CC(C)N(CCNCCc1ccc(O)c2[nH]c(=O)sc12)C(=O)CC(N)CCc1ccc(Cl)c(Cl)c1. The molecule has 190 valence electrons. The van der Waals surface area contributed by atoms with Crippen molar-refractivity contribution in [1.82, 2.24) is 15.2 Å². The molecule has 3 aromatic rings. The maximum Gasteiger partial charge on any atom is 0.305 e. The molecule has 0 fully saturated rings. The number of H-pyrrole nitrogens is 1. The molecule has 0 aliphatic rings. The zero-order chi connectivity index (χ0) is 25.5. The van der Waals surface area contributed by atoms with Gasteiger partial charge in [0.15, 0.2) is 0 Å². The summed E-state index contributed by atoms with van der Waals surface area (Å²) in [5.74, 6) is 0.122. The highest BCUT2D eigenvalue weighted by Crippen LogP contribution is 2.28. The fourth-order valence-corrected chi connectivity index (χ4v) is 5.20. The van der Waals surface area contributed by atoms with Gasteiger partial charge in [0.05, 0.1) is 14.7 Å². The minimum atomic E-state index is -0.239. The summed E-state index contributed by atoms with van der Waals surface area (Å²) in [4.78, 5) is 28.9. The van der Waals surface area contributed by atoms with Crippen LogP contribution in [0.3, 0.4) is 0 Å². The van der Waals surface area contributed by atoms with Crippen LogP contribution < -0.4 is 15.9 Å². The Kier molecular flexibility index (Phi) is 10.0. The fourth-order valence-electron chi connectivity index (χ4n) is 3.98. The van der Waals surface area contributed by atoms with Crippen LogP contribution in [0.2, 0.25) is 10.0 Å². The average molecular weight is 540 g/mol. The largest absolute Gasteiger partial charge is 0.506 e. The summed E-state index contributed by atoms with van der Waals surface area (Å²) >= 11 is 13.1. The van der Waals surface area contributed by atoms with Gasteiger partial charge in [-0.15, -0.1) is 0 Å². The van der Waals surface area contributed by atoms with Crippen molar-refractivity contribution in [2.24, 2.45) is 5.73 Å². The highest BCUT2D eigenvalue weighted by Gasteiger charge is 2.19. The number of fused-ring (bicyclic) bond motifs is 1. The van der Waals surface area contributed by atoms with Gasteiger partial charge in [0, 0.05) is 31.6 Å². The van der Waals surface area contributed by atoms with Crippen LogP contribution in [0.25, 0.3) is 10.2 Å². The number of nitrogens with one attached hydrogen (secondary N) is 2. The van der Waals surface area contributed by atoms with Crippen LogP contribution in [-0.2, 0) is 17.6 Å². The van der Waals surface area contributed by atoms with Gasteiger partial charge in [-0.3, -0.25) is 9.59 Å². The van der Waals surface area contributed by atoms with Gasteiger partial charge in [-0.05, 0) is 69.0 Å². The topological polar surface area (TPSA) is 111 Å². The third kappa shape index (κ3) is 7.69. The first-order chi connectivity index (χ1) is 16.7. The summed E-state index contributed by atoms with van der Waals surface area (Å²) in [6.45, 7) is 5.92. The standard InChI is InChI=1S/C25H32Cl2N4O3S/c1-15(2)31(22(33)14-18(28)6-3-16-4-7-19(26)20(27)13-16)12-11-29-10-9-17-5-8-21(32)23-24(17)35-25(34)30-23/h4-5,7-8,13,15,18,29,32H,3,6,9-12,14,28H2,1-2H3,(H,30,34). The van der Waals surface area contributed by atoms with Gasteiger partial charge in [-0.1, -0.05) is 46.7 Å². The number of phenolic OH excluding ortho intramolecular Hbond substituents is 1. The van der Waals surface area contributed by atoms with Crippen LogP contribution in [0.5, 0.6) is 5.75 Å². The van der Waals surface area contributed by atoms with Crippen molar-refractivity contribution in [3.05, 3.63) is 61.2 Å². The van der Waals surface area contributed by atoms with Crippen molar-refractivity contribution in [3.63, 3.8) is 0 Å². The van der Waals surface area contributed by atoms with Crippen molar-refractivity contribution >= 4 is 50.7 Å². The van der Waals surface area contributed by atoms with Crippen LogP contribution in [0, 0.1) is 0 Å². The molecule has 3 rings (SSSR count). The van der Waals surface area contributed by atoms with E-state index in [-0.39, 0.29) is 35.0 Å². The Morgan fingerprint density at radius 1 is 1.17 bits per heavy atom. The molecular weight excluding hydrogens is 507 g/mol. The van der Waals surface area contributed by atoms with Crippen molar-refractivity contribution in [2.75, 3.05) is 19.6 Å². The molecule has 5 N–H and O–H groups in total. The van der Waals surface area contributed by atoms with Crippen LogP contribution in [0.1, 0.15) is 37.8 Å². The molecule has 1 aromatic heterocycles. The lowest BCUT2D eigenvalue weighted by Gasteiger charge is -2.28. The maximum absolute atomic E-state index is 12.9. The van der Waals surface area contributed by atoms with E-state index < -0.39 is 0 Å². The maximum atomic E-state index is 12.9. The van der Waals surface area contributed by atoms with Crippen molar-refractivity contribution in [2.45, 2.75) is 51.6 Å². The summed E-state index contributed by atoms with van der Waals surface area (Å²) in [6.07, 6.45) is 2.41. The van der Waals surface area contributed by atoms with Crippen molar-refractivity contribution in [1.29, 1.82) is 0 Å². The second-order valence-electron chi connectivity index (χ2n) is 8.89. The molecule has 0 aliphatic heterocycles. The zero-order valence-electron chi connectivity index (χ0n) is 19.9. The summed E-state index contributed by atoms with van der Waals surface area (Å²) in [5, 5.41) is 14.3. The minimum absolute atomic E-state index is 0.0424. The lowest BCUT2D eigenvalue weighted by molar-refractivity contribution is -0.133. The lowest BCUT2D eigenvalue weighted by Crippen LogP contribution is -2.43. The number of nitrogens with zero attached hydrogens (tertiary/aromatic N) is 1. The first-order valence-corrected chi connectivity index (χ1v) is 13.3. The second kappa shape index (κ2) is 12.7. The van der Waals surface area contributed by atoms with E-state index in [2.05, 4.69) is 10.3 Å². The Balaban J connectivity index is 1.43. The Morgan fingerprint density at radius 3 is 2.66 bits per heavy atom. The fraction of sp³-hybridized carbons (Fsp3) is 0.440. The number of thiazole rings is 1. The first-order valence-electron chi connectivity index (χ1n) is 11.7. The number of aromatic hydroxyl groups is 1. The van der Waals surface area contributed by atoms with E-state index in [4.69, 9.17) is 28.9 Å². The smallest absolute Gasteiger partial charge is 0.305 e. The molecular formula is C25H32Cl2N4O3S. The molecule has 2 aromatic carbocycles. The van der Waals surface area contributed by atoms with Crippen LogP contribution in [0.4, 0.5) is 0 Å². The van der Waals surface area contributed by atoms with Gasteiger partial charge >= 0.3 is 4.87 Å². The van der Waals surface area contributed by atoms with E-state index in [1.807, 2.05) is 36.9 Å². The number of rotatable bonds is 12. The number of phenols is 1. The van der Waals surface area contributed by atoms with Crippen LogP contribution in [0.15, 0.2) is 35.1 Å². The Hall–Kier alpha value is -2.10. The Labute approximate surface area is 219 Å². The molecule has 10 heteroatoms. The molecule has 0 aliphatic carbocycles. The predicted octanol–water partition coefficient (Wildman–Crippen LogP) is 4.32. The molecule has 1 atom stereocenters. The number of carbonyl (C=O) groups excluding carboxylic acids is 1. The van der Waals surface area contributed by atoms with E-state index in [0.29, 0.717) is 48.0 Å². The van der Waals surface area contributed by atoms with E-state index in [0.717, 1.165) is 33.6 Å². The third-order valence-electron chi connectivity index (χ3n) is 5.91. The van der Waals surface area contributed by atoms with E-state index >= 15 is 0 Å². The lowest BCUT2D eigenvalue weighted by atomic mass is 10.0. The van der Waals surface area contributed by atoms with Gasteiger partial charge in [0.2, 0.25) is 5.91 Å². The van der Waals surface area contributed by atoms with Gasteiger partial charge in [-0.25, -0.2) is 0 Å². The van der Waals surface area contributed by atoms with E-state index in [9.17, 15) is 14.7 Å². The number of hydrogen-bond donors (Lipinski definition) is 4. The summed E-state index contributed by atoms with van der Waals surface area (Å²) in [7, 11) is 0. The van der Waals surface area contributed by atoms with E-state index in [1.54, 1.807) is 12.1 Å². The predicted molar refractivity (Wildman–Crippen MR) is 145 cm³/mol. The summed E-state index contributed by atoms with van der Waals surface area (Å²) in [5.41, 5.74) is 8.80. The van der Waals surface area contributed by atoms with Gasteiger partial charge < -0.3 is 26.0 Å². The number of halogens is 2. The summed E-state index contributed by atoms with van der Waals surface area (Å²) in [6, 6.07) is 8.81. The number of aromatic amines is 1. The quantitative estimate of drug-likeness (QED) is 0.256. The third-order valence-corrected chi connectivity index (χ3v) is 7.60. The van der Waals surface area contributed by atoms with Gasteiger partial charge in [0.1, 0.15) is 11.3 Å². The molecule has 0 spiro atoms. The van der Waals surface area contributed by atoms with E-state index in [1.165, 1.54) is 0 Å². The molecule has 0 saturated carbocycles. The number of hydrogen-bond acceptors (Lipinski definition) is 6. The highest BCUT2D eigenvalue weighted by molar-refractivity contribution is 7.16. The Bertz CT molecular complexity index is 1210. The van der Waals surface area contributed by atoms with Gasteiger partial charge in [-0.2, -0.15) is 0 Å². The summed E-state index contributed by atoms with van der Waals surface area (Å²) < 4.78 is 0.783. The van der Waals surface area contributed by atoms with Crippen molar-refractivity contribution < 1.29 is 9.90 Å². The minimum Gasteiger partial charge on any atom is -0.506 e. The molecule has 35 heavy (non-hydrogen) atoms.